The number of aliphatic hydroxyl groups is 1. The molecule has 2 N–H and O–H groups in total. The van der Waals surface area contributed by atoms with Gasteiger partial charge in [0.15, 0.2) is 0 Å². The van der Waals surface area contributed by atoms with Gasteiger partial charge >= 0.3 is 0 Å². The fraction of sp³-hybridized carbons (Fsp3) is 0.478. The normalized spacial score (nSPS) is 23.4. The van der Waals surface area contributed by atoms with Crippen LogP contribution in [0.1, 0.15) is 52.0 Å². The summed E-state index contributed by atoms with van der Waals surface area (Å²) < 4.78 is 6.04. The van der Waals surface area contributed by atoms with Gasteiger partial charge < -0.3 is 20.1 Å². The molecule has 1 aromatic heterocycles. The van der Waals surface area contributed by atoms with Gasteiger partial charge in [0.1, 0.15) is 18.0 Å². The van der Waals surface area contributed by atoms with E-state index in [0.29, 0.717) is 25.1 Å². The lowest BCUT2D eigenvalue weighted by Gasteiger charge is -2.36. The highest BCUT2D eigenvalue weighted by Crippen LogP contribution is 2.32. The summed E-state index contributed by atoms with van der Waals surface area (Å²) in [5.41, 5.74) is 3.93. The van der Waals surface area contributed by atoms with Gasteiger partial charge in [0.2, 0.25) is 5.91 Å². The van der Waals surface area contributed by atoms with E-state index >= 15 is 0 Å². The number of likely N-dealkylation sites (tertiary alicyclic amines) is 1. The van der Waals surface area contributed by atoms with E-state index in [2.05, 4.69) is 5.32 Å². The second kappa shape index (κ2) is 8.04. The fourth-order valence-electron chi connectivity index (χ4n) is 4.67. The van der Waals surface area contributed by atoms with E-state index in [4.69, 9.17) is 4.74 Å². The number of fused-ring (bicyclic) bond motifs is 2. The maximum absolute atomic E-state index is 13.1. The number of thiophene rings is 1. The van der Waals surface area contributed by atoms with Crippen molar-refractivity contribution in [3.8, 4) is 5.75 Å². The molecule has 2 aliphatic heterocycles. The fourth-order valence-corrected chi connectivity index (χ4v) is 5.79. The maximum Gasteiger partial charge on any atom is 0.255 e. The van der Waals surface area contributed by atoms with Gasteiger partial charge in [-0.15, -0.1) is 11.3 Å². The number of aliphatic hydroxyl groups excluding tert-OH is 1. The molecule has 30 heavy (non-hydrogen) atoms. The summed E-state index contributed by atoms with van der Waals surface area (Å²) in [6.07, 6.45) is 5.10. The molecule has 7 heteroatoms. The number of nitrogens with one attached hydrogen (secondary N) is 1. The van der Waals surface area contributed by atoms with Crippen molar-refractivity contribution in [2.75, 3.05) is 18.4 Å². The molecular formula is C23H26N2O4S. The molecule has 2 aromatic rings. The number of anilines is 1. The zero-order chi connectivity index (χ0) is 20.7. The molecule has 5 rings (SSSR count). The topological polar surface area (TPSA) is 78.9 Å². The Bertz CT molecular complexity index is 986. The van der Waals surface area contributed by atoms with E-state index < -0.39 is 6.10 Å². The van der Waals surface area contributed by atoms with Crippen LogP contribution in [0.3, 0.4) is 0 Å². The third-order valence-corrected chi connectivity index (χ3v) is 7.45. The largest absolute Gasteiger partial charge is 0.488 e. The van der Waals surface area contributed by atoms with Gasteiger partial charge in [0.25, 0.3) is 5.91 Å². The zero-order valence-corrected chi connectivity index (χ0v) is 17.7. The number of amides is 2. The highest BCUT2D eigenvalue weighted by Gasteiger charge is 2.33. The molecule has 1 fully saturated rings. The summed E-state index contributed by atoms with van der Waals surface area (Å²) in [5, 5.41) is 15.6. The number of carbonyl (C=O) groups excluding carboxylic acids is 2. The van der Waals surface area contributed by atoms with Gasteiger partial charge in [-0.1, -0.05) is 6.07 Å². The van der Waals surface area contributed by atoms with Crippen molar-refractivity contribution in [3.63, 3.8) is 0 Å². The standard InChI is InChI=1S/C23H26N2O4S/c26-19-12-25(23(28)17-13-30-21-4-2-1-3-16(17)21)10-9-20(19)29-15-7-5-14-6-8-22(27)24-18(14)11-15/h5,7,11,13,19-20,26H,1-4,6,8-10,12H2,(H,24,27)/t19-,20-/m1/s1. The van der Waals surface area contributed by atoms with Crippen LogP contribution in [0.15, 0.2) is 23.6 Å². The molecular weight excluding hydrogens is 400 g/mol. The van der Waals surface area contributed by atoms with Crippen LogP contribution >= 0.6 is 11.3 Å². The van der Waals surface area contributed by atoms with Crippen molar-refractivity contribution in [3.05, 3.63) is 45.1 Å². The molecule has 3 heterocycles. The van der Waals surface area contributed by atoms with Crippen molar-refractivity contribution in [1.82, 2.24) is 4.90 Å². The number of rotatable bonds is 3. The number of hydrogen-bond donors (Lipinski definition) is 2. The molecule has 1 aromatic carbocycles. The predicted octanol–water partition coefficient (Wildman–Crippen LogP) is 3.17. The third kappa shape index (κ3) is 3.72. The number of ether oxygens (including phenoxy) is 1. The Kier molecular flexibility index (Phi) is 5.25. The number of aryl methyl sites for hydroxylation is 2. The first-order valence-electron chi connectivity index (χ1n) is 10.7. The predicted molar refractivity (Wildman–Crippen MR) is 115 cm³/mol. The maximum atomic E-state index is 13.1. The van der Waals surface area contributed by atoms with E-state index in [9.17, 15) is 14.7 Å². The third-order valence-electron chi connectivity index (χ3n) is 6.36. The smallest absolute Gasteiger partial charge is 0.255 e. The van der Waals surface area contributed by atoms with E-state index in [1.165, 1.54) is 16.9 Å². The van der Waals surface area contributed by atoms with Gasteiger partial charge in [-0.05, 0) is 49.3 Å². The zero-order valence-electron chi connectivity index (χ0n) is 16.9. The Morgan fingerprint density at radius 2 is 2.07 bits per heavy atom. The SMILES string of the molecule is O=C1CCc2ccc(O[C@@H]3CCN(C(=O)c4csc5c4CCCC5)C[C@H]3O)cc2N1. The van der Waals surface area contributed by atoms with Crippen LogP contribution in [-0.2, 0) is 24.1 Å². The molecule has 0 radical (unpaired) electrons. The van der Waals surface area contributed by atoms with Gasteiger partial charge in [-0.2, -0.15) is 0 Å². The van der Waals surface area contributed by atoms with Crippen LogP contribution in [0.4, 0.5) is 5.69 Å². The second-order valence-corrected chi connectivity index (χ2v) is 9.35. The average Bonchev–Trinajstić information content (AvgIpc) is 3.18. The summed E-state index contributed by atoms with van der Waals surface area (Å²) in [7, 11) is 0. The van der Waals surface area contributed by atoms with Crippen molar-refractivity contribution in [1.29, 1.82) is 0 Å². The van der Waals surface area contributed by atoms with Crippen LogP contribution in [0.2, 0.25) is 0 Å². The van der Waals surface area contributed by atoms with Gasteiger partial charge in [0, 0.05) is 41.4 Å². The quantitative estimate of drug-likeness (QED) is 0.790. The Balaban J connectivity index is 1.24. The van der Waals surface area contributed by atoms with E-state index in [0.717, 1.165) is 42.5 Å². The molecule has 158 valence electrons. The van der Waals surface area contributed by atoms with Crippen LogP contribution in [0.5, 0.6) is 5.75 Å². The summed E-state index contributed by atoms with van der Waals surface area (Å²) in [4.78, 5) is 27.8. The van der Waals surface area contributed by atoms with Crippen molar-refractivity contribution >= 4 is 28.8 Å². The van der Waals surface area contributed by atoms with E-state index in [-0.39, 0.29) is 24.5 Å². The average molecular weight is 427 g/mol. The molecule has 6 nitrogen and oxygen atoms in total. The van der Waals surface area contributed by atoms with Gasteiger partial charge in [-0.3, -0.25) is 9.59 Å². The first-order valence-corrected chi connectivity index (χ1v) is 11.6. The first-order chi connectivity index (χ1) is 14.6. The summed E-state index contributed by atoms with van der Waals surface area (Å²) in [6, 6.07) is 5.68. The lowest BCUT2D eigenvalue weighted by Crippen LogP contribution is -2.51. The minimum atomic E-state index is -0.747. The lowest BCUT2D eigenvalue weighted by molar-refractivity contribution is -0.116. The molecule has 0 bridgehead atoms. The number of benzene rings is 1. The van der Waals surface area contributed by atoms with Crippen LogP contribution in [0.25, 0.3) is 0 Å². The Morgan fingerprint density at radius 3 is 2.93 bits per heavy atom. The number of nitrogens with zero attached hydrogens (tertiary/aromatic N) is 1. The minimum Gasteiger partial charge on any atom is -0.488 e. The highest BCUT2D eigenvalue weighted by atomic mass is 32.1. The van der Waals surface area contributed by atoms with Crippen LogP contribution < -0.4 is 10.1 Å². The van der Waals surface area contributed by atoms with Crippen LogP contribution in [-0.4, -0.2) is 47.1 Å². The van der Waals surface area contributed by atoms with Crippen molar-refractivity contribution in [2.24, 2.45) is 0 Å². The number of carbonyl (C=O) groups is 2. The highest BCUT2D eigenvalue weighted by molar-refractivity contribution is 7.10. The number of piperidine rings is 1. The molecule has 0 saturated carbocycles. The summed E-state index contributed by atoms with van der Waals surface area (Å²) in [6.45, 7) is 0.836. The summed E-state index contributed by atoms with van der Waals surface area (Å²) in [5.74, 6) is 0.678. The van der Waals surface area contributed by atoms with E-state index in [1.54, 1.807) is 16.2 Å². The van der Waals surface area contributed by atoms with E-state index in [1.807, 2.05) is 23.6 Å². The van der Waals surface area contributed by atoms with Gasteiger partial charge in [-0.25, -0.2) is 0 Å². The molecule has 0 spiro atoms. The Morgan fingerprint density at radius 1 is 1.20 bits per heavy atom. The van der Waals surface area contributed by atoms with Crippen LogP contribution in [0, 0.1) is 0 Å². The molecule has 3 aliphatic rings. The van der Waals surface area contributed by atoms with Crippen molar-refractivity contribution < 1.29 is 19.4 Å². The van der Waals surface area contributed by atoms with Crippen molar-refractivity contribution in [2.45, 2.75) is 57.2 Å². The molecule has 1 aliphatic carbocycles. The monoisotopic (exact) mass is 426 g/mol. The molecule has 2 amide bonds. The molecule has 0 unspecified atom stereocenters. The lowest BCUT2D eigenvalue weighted by atomic mass is 9.95. The number of hydrogen-bond acceptors (Lipinski definition) is 5. The first kappa shape index (κ1) is 19.6. The Labute approximate surface area is 179 Å². The molecule has 2 atom stereocenters. The molecule has 1 saturated heterocycles. The Hall–Kier alpha value is -2.38. The second-order valence-electron chi connectivity index (χ2n) is 8.39. The number of β-amino-alcohol motifs (C(OH)–C–C–N with tert-alkyl or cyclic N) is 1. The minimum absolute atomic E-state index is 0.0159. The summed E-state index contributed by atoms with van der Waals surface area (Å²) >= 11 is 1.69. The van der Waals surface area contributed by atoms with Gasteiger partial charge in [0.05, 0.1) is 12.1 Å².